The molecular weight excluding hydrogens is 386 g/mol. The lowest BCUT2D eigenvalue weighted by molar-refractivity contribution is -0.116. The zero-order chi connectivity index (χ0) is 19.9. The highest BCUT2D eigenvalue weighted by Gasteiger charge is 2.17. The Bertz CT molecular complexity index is 920. The number of anilines is 2. The molecule has 1 N–H and O–H groups in total. The van der Waals surface area contributed by atoms with Crippen molar-refractivity contribution in [1.29, 1.82) is 5.26 Å². The minimum atomic E-state index is -3.47. The van der Waals surface area contributed by atoms with Gasteiger partial charge in [-0.25, -0.2) is 8.42 Å². The van der Waals surface area contributed by atoms with E-state index in [4.69, 9.17) is 16.9 Å². The van der Waals surface area contributed by atoms with E-state index < -0.39 is 10.0 Å². The minimum absolute atomic E-state index is 0.180. The van der Waals surface area contributed by atoms with E-state index in [2.05, 4.69) is 11.4 Å². The number of hydrogen-bond donors (Lipinski definition) is 1. The number of amides is 1. The Morgan fingerprint density at radius 2 is 1.78 bits per heavy atom. The van der Waals surface area contributed by atoms with E-state index in [0.29, 0.717) is 29.2 Å². The average molecular weight is 406 g/mol. The quantitative estimate of drug-likeness (QED) is 0.726. The van der Waals surface area contributed by atoms with E-state index >= 15 is 0 Å². The molecule has 0 heterocycles. The van der Waals surface area contributed by atoms with Crippen LogP contribution in [0.1, 0.15) is 18.4 Å². The molecule has 0 aliphatic rings. The molecule has 0 aromatic heterocycles. The van der Waals surface area contributed by atoms with Crippen LogP contribution >= 0.6 is 11.6 Å². The van der Waals surface area contributed by atoms with Gasteiger partial charge < -0.3 is 5.32 Å². The first kappa shape index (κ1) is 20.7. The van der Waals surface area contributed by atoms with Crippen LogP contribution in [0.3, 0.4) is 0 Å². The van der Waals surface area contributed by atoms with Crippen molar-refractivity contribution in [2.24, 2.45) is 0 Å². The Labute approximate surface area is 164 Å². The van der Waals surface area contributed by atoms with Crippen molar-refractivity contribution in [2.45, 2.75) is 19.3 Å². The molecule has 6 nitrogen and oxygen atoms in total. The second kappa shape index (κ2) is 9.40. The molecule has 27 heavy (non-hydrogen) atoms. The Morgan fingerprint density at radius 3 is 2.33 bits per heavy atom. The third-order valence-corrected chi connectivity index (χ3v) is 5.25. The minimum Gasteiger partial charge on any atom is -0.326 e. The van der Waals surface area contributed by atoms with Gasteiger partial charge in [0, 0.05) is 23.7 Å². The first-order chi connectivity index (χ1) is 12.8. The topological polar surface area (TPSA) is 90.3 Å². The molecule has 0 aliphatic carbocycles. The van der Waals surface area contributed by atoms with E-state index in [1.54, 1.807) is 48.5 Å². The van der Waals surface area contributed by atoms with Crippen molar-refractivity contribution >= 4 is 38.9 Å². The molecule has 0 aliphatic heterocycles. The summed E-state index contributed by atoms with van der Waals surface area (Å²) in [5, 5.41) is 11.9. The summed E-state index contributed by atoms with van der Waals surface area (Å²) >= 11 is 5.84. The molecule has 8 heteroatoms. The molecule has 0 saturated heterocycles. The Morgan fingerprint density at radius 1 is 1.15 bits per heavy atom. The van der Waals surface area contributed by atoms with Crippen LogP contribution in [0, 0.1) is 11.3 Å². The predicted octanol–water partition coefficient (Wildman–Crippen LogP) is 3.59. The monoisotopic (exact) mass is 405 g/mol. The summed E-state index contributed by atoms with van der Waals surface area (Å²) in [6.07, 6.45) is 2.00. The number of rotatable bonds is 8. The molecule has 1 amide bonds. The van der Waals surface area contributed by atoms with E-state index in [1.807, 2.05) is 0 Å². The lowest BCUT2D eigenvalue weighted by atomic mass is 10.1. The van der Waals surface area contributed by atoms with Crippen molar-refractivity contribution in [2.75, 3.05) is 22.4 Å². The fraction of sp³-hybridized carbons (Fsp3) is 0.263. The van der Waals surface area contributed by atoms with Gasteiger partial charge in [0.25, 0.3) is 0 Å². The average Bonchev–Trinajstić information content (AvgIpc) is 2.61. The number of nitriles is 1. The number of halogens is 1. The number of nitrogens with one attached hydrogen (secondary N) is 1. The van der Waals surface area contributed by atoms with Gasteiger partial charge in [0.1, 0.15) is 0 Å². The van der Waals surface area contributed by atoms with Crippen LogP contribution in [0.2, 0.25) is 5.02 Å². The molecule has 142 valence electrons. The molecule has 2 aromatic carbocycles. The Hall–Kier alpha value is -2.56. The number of benzene rings is 2. The summed E-state index contributed by atoms with van der Waals surface area (Å²) in [5.41, 5.74) is 2.03. The lowest BCUT2D eigenvalue weighted by Gasteiger charge is -2.22. The molecule has 0 fully saturated rings. The molecule has 0 bridgehead atoms. The smallest absolute Gasteiger partial charge is 0.232 e. The van der Waals surface area contributed by atoms with Crippen LogP contribution in [-0.2, 0) is 21.2 Å². The fourth-order valence-electron chi connectivity index (χ4n) is 2.50. The zero-order valence-electron chi connectivity index (χ0n) is 14.9. The van der Waals surface area contributed by atoms with Crippen molar-refractivity contribution in [1.82, 2.24) is 0 Å². The highest BCUT2D eigenvalue weighted by Crippen LogP contribution is 2.21. The van der Waals surface area contributed by atoms with Gasteiger partial charge in [0.05, 0.1) is 24.4 Å². The summed E-state index contributed by atoms with van der Waals surface area (Å²) < 4.78 is 25.3. The first-order valence-corrected chi connectivity index (χ1v) is 10.5. The van der Waals surface area contributed by atoms with Crippen LogP contribution < -0.4 is 9.62 Å². The van der Waals surface area contributed by atoms with Gasteiger partial charge >= 0.3 is 0 Å². The van der Waals surface area contributed by atoms with Crippen LogP contribution in [0.25, 0.3) is 0 Å². The van der Waals surface area contributed by atoms with E-state index in [0.717, 1.165) is 11.8 Å². The van der Waals surface area contributed by atoms with E-state index in [9.17, 15) is 13.2 Å². The fourth-order valence-corrected chi connectivity index (χ4v) is 3.59. The molecule has 2 rings (SSSR count). The third-order valence-electron chi connectivity index (χ3n) is 3.80. The van der Waals surface area contributed by atoms with Crippen molar-refractivity contribution in [3.63, 3.8) is 0 Å². The van der Waals surface area contributed by atoms with Gasteiger partial charge in [-0.3, -0.25) is 9.10 Å². The van der Waals surface area contributed by atoms with Gasteiger partial charge in [0.2, 0.25) is 15.9 Å². The van der Waals surface area contributed by atoms with Crippen molar-refractivity contribution in [3.05, 3.63) is 59.1 Å². The first-order valence-electron chi connectivity index (χ1n) is 8.28. The Kier molecular flexibility index (Phi) is 7.22. The summed E-state index contributed by atoms with van der Waals surface area (Å²) in [6.45, 7) is 0.189. The second-order valence-corrected chi connectivity index (χ2v) is 8.34. The number of carbonyl (C=O) groups excluding carboxylic acids is 1. The van der Waals surface area contributed by atoms with Gasteiger partial charge in [-0.1, -0.05) is 23.7 Å². The van der Waals surface area contributed by atoms with E-state index in [1.165, 1.54) is 4.31 Å². The predicted molar refractivity (Wildman–Crippen MR) is 107 cm³/mol. The normalized spacial score (nSPS) is 10.9. The SMILES string of the molecule is CS(=O)(=O)N(CCCC(=O)Nc1ccc(CC#N)cc1)c1ccc(Cl)cc1. The standard InChI is InChI=1S/C19H20ClN3O3S/c1-27(25,26)23(18-10-6-16(20)7-11-18)14-2-3-19(24)22-17-8-4-15(5-9-17)12-13-21/h4-11H,2-3,12,14H2,1H3,(H,22,24). The molecule has 0 atom stereocenters. The zero-order valence-corrected chi connectivity index (χ0v) is 16.4. The maximum atomic E-state index is 12.1. The number of sulfonamides is 1. The van der Waals surface area contributed by atoms with Crippen LogP contribution in [-0.4, -0.2) is 27.1 Å². The molecule has 0 spiro atoms. The summed E-state index contributed by atoms with van der Waals surface area (Å²) in [6, 6.07) is 15.6. The summed E-state index contributed by atoms with van der Waals surface area (Å²) in [4.78, 5) is 12.1. The van der Waals surface area contributed by atoms with Gasteiger partial charge in [0.15, 0.2) is 0 Å². The third kappa shape index (κ3) is 6.59. The van der Waals surface area contributed by atoms with Crippen molar-refractivity contribution < 1.29 is 13.2 Å². The van der Waals surface area contributed by atoms with Gasteiger partial charge in [-0.2, -0.15) is 5.26 Å². The lowest BCUT2D eigenvalue weighted by Crippen LogP contribution is -2.31. The Balaban J connectivity index is 1.91. The molecule has 2 aromatic rings. The largest absolute Gasteiger partial charge is 0.326 e. The van der Waals surface area contributed by atoms with E-state index in [-0.39, 0.29) is 18.9 Å². The number of hydrogen-bond acceptors (Lipinski definition) is 4. The van der Waals surface area contributed by atoms with Crippen LogP contribution in [0.5, 0.6) is 0 Å². The summed E-state index contributed by atoms with van der Waals surface area (Å²) in [5.74, 6) is -0.201. The van der Waals surface area contributed by atoms with Crippen molar-refractivity contribution in [3.8, 4) is 6.07 Å². The molecule has 0 radical (unpaired) electrons. The summed E-state index contributed by atoms with van der Waals surface area (Å²) in [7, 11) is -3.47. The van der Waals surface area contributed by atoms with Crippen LogP contribution in [0.15, 0.2) is 48.5 Å². The maximum Gasteiger partial charge on any atom is 0.232 e. The molecular formula is C19H20ClN3O3S. The second-order valence-electron chi connectivity index (χ2n) is 6.00. The highest BCUT2D eigenvalue weighted by molar-refractivity contribution is 7.92. The molecule has 0 unspecified atom stereocenters. The van der Waals surface area contributed by atoms with Crippen LogP contribution in [0.4, 0.5) is 11.4 Å². The maximum absolute atomic E-state index is 12.1. The number of nitrogens with zero attached hydrogens (tertiary/aromatic N) is 2. The highest BCUT2D eigenvalue weighted by atomic mass is 35.5. The molecule has 0 saturated carbocycles. The van der Waals surface area contributed by atoms with Gasteiger partial charge in [-0.15, -0.1) is 0 Å². The van der Waals surface area contributed by atoms with Gasteiger partial charge in [-0.05, 0) is 48.4 Å². The number of carbonyl (C=O) groups is 1.